The predicted molar refractivity (Wildman–Crippen MR) is 108 cm³/mol. The van der Waals surface area contributed by atoms with Crippen LogP contribution in [-0.2, 0) is 18.0 Å². The van der Waals surface area contributed by atoms with Gasteiger partial charge in [-0.15, -0.1) is 0 Å². The quantitative estimate of drug-likeness (QED) is 0.363. The van der Waals surface area contributed by atoms with E-state index < -0.39 is 8.80 Å². The number of ether oxygens (including phenoxy) is 1. The average Bonchev–Trinajstić information content (AvgIpc) is 3.03. The van der Waals surface area contributed by atoms with Gasteiger partial charge in [0.25, 0.3) is 0 Å². The van der Waals surface area contributed by atoms with Crippen molar-refractivity contribution in [1.29, 1.82) is 0 Å². The van der Waals surface area contributed by atoms with Crippen molar-refractivity contribution in [2.75, 3.05) is 26.4 Å². The second-order valence-electron chi connectivity index (χ2n) is 7.93. The zero-order valence-corrected chi connectivity index (χ0v) is 18.5. The first-order valence-corrected chi connectivity index (χ1v) is 13.2. The fourth-order valence-electron chi connectivity index (χ4n) is 4.78. The molecule has 0 aromatic rings. The van der Waals surface area contributed by atoms with Crippen LogP contribution in [0.1, 0.15) is 85.0 Å². The first-order valence-electron chi connectivity index (χ1n) is 11.3. The molecule has 4 nitrogen and oxygen atoms in total. The van der Waals surface area contributed by atoms with Crippen LogP contribution in [-0.4, -0.2) is 41.3 Å². The molecular weight excluding hydrogens is 344 g/mol. The minimum absolute atomic E-state index is 0.475. The van der Waals surface area contributed by atoms with Gasteiger partial charge in [0, 0.05) is 32.5 Å². The normalized spacial score (nSPS) is 26.4. The highest BCUT2D eigenvalue weighted by molar-refractivity contribution is 6.60. The maximum atomic E-state index is 6.32. The Hall–Kier alpha value is 0.0569. The van der Waals surface area contributed by atoms with E-state index in [0.717, 1.165) is 30.9 Å². The number of hydrogen-bond acceptors (Lipinski definition) is 4. The summed E-state index contributed by atoms with van der Waals surface area (Å²) in [5, 5.41) is 0. The fraction of sp³-hybridized carbons (Fsp3) is 1.00. The molecule has 2 aliphatic rings. The molecule has 0 N–H and O–H groups in total. The second kappa shape index (κ2) is 12.5. The van der Waals surface area contributed by atoms with Crippen LogP contribution in [0.15, 0.2) is 0 Å². The SMILES string of the molecule is CCO[Si](CCC1CCCOC(C2CCCCCC2)C1)(OCC)OCC. The zero-order chi connectivity index (χ0) is 18.7. The van der Waals surface area contributed by atoms with Gasteiger partial charge in [0.2, 0.25) is 0 Å². The van der Waals surface area contributed by atoms with E-state index in [4.69, 9.17) is 18.0 Å². The lowest BCUT2D eigenvalue weighted by Gasteiger charge is -2.31. The van der Waals surface area contributed by atoms with Gasteiger partial charge in [0.05, 0.1) is 6.10 Å². The van der Waals surface area contributed by atoms with Crippen molar-refractivity contribution in [3.05, 3.63) is 0 Å². The van der Waals surface area contributed by atoms with Crippen LogP contribution in [0.25, 0.3) is 0 Å². The molecule has 2 atom stereocenters. The standard InChI is InChI=1S/C21H42O4Si/c1-4-23-26(24-5-2,25-6-3)17-15-19-12-11-16-22-21(18-19)20-13-9-7-8-10-14-20/h19-21H,4-18H2,1-3H3. The maximum absolute atomic E-state index is 6.32. The molecule has 0 aromatic heterocycles. The van der Waals surface area contributed by atoms with E-state index >= 15 is 0 Å². The van der Waals surface area contributed by atoms with Crippen molar-refractivity contribution < 1.29 is 18.0 Å². The molecule has 0 aromatic carbocycles. The van der Waals surface area contributed by atoms with Crippen molar-refractivity contribution >= 4 is 8.80 Å². The Morgan fingerprint density at radius 1 is 0.808 bits per heavy atom. The van der Waals surface area contributed by atoms with Crippen LogP contribution in [0, 0.1) is 11.8 Å². The topological polar surface area (TPSA) is 36.9 Å². The monoisotopic (exact) mass is 386 g/mol. The molecule has 2 fully saturated rings. The molecular formula is C21H42O4Si. The molecule has 1 saturated heterocycles. The molecule has 0 spiro atoms. The molecule has 26 heavy (non-hydrogen) atoms. The van der Waals surface area contributed by atoms with Crippen LogP contribution in [0.4, 0.5) is 0 Å². The Kier molecular flexibility index (Phi) is 10.7. The summed E-state index contributed by atoms with van der Waals surface area (Å²) < 4.78 is 24.5. The van der Waals surface area contributed by atoms with Gasteiger partial charge in [-0.05, 0) is 71.1 Å². The molecule has 1 saturated carbocycles. The van der Waals surface area contributed by atoms with Gasteiger partial charge in [-0.3, -0.25) is 0 Å². The van der Waals surface area contributed by atoms with E-state index in [9.17, 15) is 0 Å². The molecule has 0 radical (unpaired) electrons. The van der Waals surface area contributed by atoms with Crippen molar-refractivity contribution in [2.24, 2.45) is 11.8 Å². The highest BCUT2D eigenvalue weighted by Crippen LogP contribution is 2.35. The third-order valence-corrected chi connectivity index (χ3v) is 9.12. The molecule has 1 aliphatic carbocycles. The van der Waals surface area contributed by atoms with Crippen LogP contribution in [0.5, 0.6) is 0 Å². The van der Waals surface area contributed by atoms with Crippen molar-refractivity contribution in [3.63, 3.8) is 0 Å². The number of rotatable bonds is 10. The second-order valence-corrected chi connectivity index (χ2v) is 10.7. The van der Waals surface area contributed by atoms with E-state index in [0.29, 0.717) is 25.9 Å². The lowest BCUT2D eigenvalue weighted by Crippen LogP contribution is -2.46. The fourth-order valence-corrected chi connectivity index (χ4v) is 7.54. The lowest BCUT2D eigenvalue weighted by atomic mass is 9.86. The van der Waals surface area contributed by atoms with Crippen LogP contribution in [0.3, 0.4) is 0 Å². The highest BCUT2D eigenvalue weighted by atomic mass is 28.4. The van der Waals surface area contributed by atoms with E-state index in [2.05, 4.69) is 0 Å². The molecule has 2 unspecified atom stereocenters. The van der Waals surface area contributed by atoms with Crippen molar-refractivity contribution in [1.82, 2.24) is 0 Å². The summed E-state index contributed by atoms with van der Waals surface area (Å²) in [6, 6.07) is 0.949. The smallest absolute Gasteiger partial charge is 0.378 e. The van der Waals surface area contributed by atoms with E-state index in [-0.39, 0.29) is 0 Å². The largest absolute Gasteiger partial charge is 0.500 e. The molecule has 0 amide bonds. The van der Waals surface area contributed by atoms with Gasteiger partial charge in [-0.1, -0.05) is 25.7 Å². The summed E-state index contributed by atoms with van der Waals surface area (Å²) in [7, 11) is -2.51. The summed E-state index contributed by atoms with van der Waals surface area (Å²) in [5.41, 5.74) is 0. The maximum Gasteiger partial charge on any atom is 0.500 e. The third kappa shape index (κ3) is 7.23. The van der Waals surface area contributed by atoms with Crippen LogP contribution in [0.2, 0.25) is 6.04 Å². The van der Waals surface area contributed by atoms with Gasteiger partial charge in [0.1, 0.15) is 0 Å². The van der Waals surface area contributed by atoms with Crippen LogP contribution >= 0.6 is 0 Å². The van der Waals surface area contributed by atoms with Gasteiger partial charge >= 0.3 is 8.80 Å². The van der Waals surface area contributed by atoms with Crippen molar-refractivity contribution in [2.45, 2.75) is 97.1 Å². The molecule has 1 heterocycles. The van der Waals surface area contributed by atoms with E-state index in [1.807, 2.05) is 20.8 Å². The van der Waals surface area contributed by atoms with Gasteiger partial charge < -0.3 is 18.0 Å². The summed E-state index contributed by atoms with van der Waals surface area (Å²) >= 11 is 0. The minimum atomic E-state index is -2.51. The average molecular weight is 387 g/mol. The minimum Gasteiger partial charge on any atom is -0.378 e. The van der Waals surface area contributed by atoms with Gasteiger partial charge in [0.15, 0.2) is 0 Å². The Balaban J connectivity index is 1.92. The summed E-state index contributed by atoms with van der Waals surface area (Å²) in [6.07, 6.45) is 13.7. The first kappa shape index (κ1) is 22.3. The third-order valence-electron chi connectivity index (χ3n) is 6.03. The van der Waals surface area contributed by atoms with Crippen LogP contribution < -0.4 is 0 Å². The van der Waals surface area contributed by atoms with E-state index in [1.165, 1.54) is 57.8 Å². The zero-order valence-electron chi connectivity index (χ0n) is 17.5. The van der Waals surface area contributed by atoms with Crippen molar-refractivity contribution in [3.8, 4) is 0 Å². The van der Waals surface area contributed by atoms with Gasteiger partial charge in [-0.25, -0.2) is 0 Å². The summed E-state index contributed by atoms with van der Waals surface area (Å²) in [5.74, 6) is 1.50. The predicted octanol–water partition coefficient (Wildman–Crippen LogP) is 5.58. The molecule has 5 heteroatoms. The van der Waals surface area contributed by atoms with Gasteiger partial charge in [-0.2, -0.15) is 0 Å². The Morgan fingerprint density at radius 3 is 2.00 bits per heavy atom. The molecule has 0 bridgehead atoms. The Labute approximate surface area is 162 Å². The first-order chi connectivity index (χ1) is 12.7. The molecule has 1 aliphatic heterocycles. The molecule has 154 valence electrons. The highest BCUT2D eigenvalue weighted by Gasteiger charge is 2.41. The number of hydrogen-bond donors (Lipinski definition) is 0. The Morgan fingerprint density at radius 2 is 1.42 bits per heavy atom. The lowest BCUT2D eigenvalue weighted by molar-refractivity contribution is 0.00624. The summed E-state index contributed by atoms with van der Waals surface area (Å²) in [4.78, 5) is 0. The van der Waals surface area contributed by atoms with E-state index in [1.54, 1.807) is 0 Å². The summed E-state index contributed by atoms with van der Waals surface area (Å²) in [6.45, 7) is 9.09. The Bertz CT molecular complexity index is 341. The molecule has 2 rings (SSSR count).